The molecule has 0 radical (unpaired) electrons. The number of hydrogen-bond donors (Lipinski definition) is 0. The summed E-state index contributed by atoms with van der Waals surface area (Å²) in [4.78, 5) is 2.29. The highest BCUT2D eigenvalue weighted by molar-refractivity contribution is 6.34. The van der Waals surface area contributed by atoms with E-state index in [0.29, 0.717) is 16.7 Å². The Hall–Kier alpha value is -1.23. The van der Waals surface area contributed by atoms with Gasteiger partial charge in [0.25, 0.3) is 5.88 Å². The molecule has 0 N–H and O–H groups in total. The molecule has 0 unspecified atom stereocenters. The van der Waals surface area contributed by atoms with E-state index < -0.39 is 0 Å². The Bertz CT molecular complexity index is 566. The Labute approximate surface area is 135 Å². The van der Waals surface area contributed by atoms with E-state index in [4.69, 9.17) is 20.9 Å². The molecule has 1 aliphatic rings. The molecule has 3 rings (SSSR count). The SMILES string of the molecule is CN1CCC(Oc2noc(-c3ccccc3)c2Cl)CC1.Cl. The quantitative estimate of drug-likeness (QED) is 0.856. The van der Waals surface area contributed by atoms with Crippen molar-refractivity contribution in [3.05, 3.63) is 35.4 Å². The minimum absolute atomic E-state index is 0. The normalized spacial score (nSPS) is 16.5. The van der Waals surface area contributed by atoms with Crippen molar-refractivity contribution in [1.82, 2.24) is 10.1 Å². The van der Waals surface area contributed by atoms with Crippen LogP contribution in [0.1, 0.15) is 12.8 Å². The lowest BCUT2D eigenvalue weighted by Gasteiger charge is -2.28. The molecule has 1 aromatic heterocycles. The third-order valence-electron chi connectivity index (χ3n) is 3.59. The molecule has 2 aromatic rings. The van der Waals surface area contributed by atoms with E-state index in [0.717, 1.165) is 31.5 Å². The molecule has 4 nitrogen and oxygen atoms in total. The van der Waals surface area contributed by atoms with Gasteiger partial charge in [0.1, 0.15) is 6.10 Å². The second kappa shape index (κ2) is 7.16. The summed E-state index contributed by atoms with van der Waals surface area (Å²) in [5.74, 6) is 0.968. The predicted molar refractivity (Wildman–Crippen MR) is 85.3 cm³/mol. The van der Waals surface area contributed by atoms with Gasteiger partial charge in [0.15, 0.2) is 10.8 Å². The number of nitrogens with zero attached hydrogens (tertiary/aromatic N) is 2. The molecular weight excluding hydrogens is 311 g/mol. The first-order valence-electron chi connectivity index (χ1n) is 6.80. The summed E-state index contributed by atoms with van der Waals surface area (Å²) in [6.07, 6.45) is 2.14. The highest BCUT2D eigenvalue weighted by Crippen LogP contribution is 2.36. The second-order valence-corrected chi connectivity index (χ2v) is 5.50. The number of likely N-dealkylation sites (tertiary alicyclic amines) is 1. The Kier molecular flexibility index (Phi) is 5.51. The fourth-order valence-electron chi connectivity index (χ4n) is 2.37. The van der Waals surface area contributed by atoms with E-state index in [1.807, 2.05) is 30.3 Å². The molecule has 0 spiro atoms. The summed E-state index contributed by atoms with van der Waals surface area (Å²) in [5, 5.41) is 4.42. The summed E-state index contributed by atoms with van der Waals surface area (Å²) in [6, 6.07) is 9.69. The van der Waals surface area contributed by atoms with Crippen LogP contribution < -0.4 is 4.74 Å². The lowest BCUT2D eigenvalue weighted by molar-refractivity contribution is 0.106. The summed E-state index contributed by atoms with van der Waals surface area (Å²) in [5.41, 5.74) is 0.906. The van der Waals surface area contributed by atoms with Crippen molar-refractivity contribution in [3.8, 4) is 17.2 Å². The fraction of sp³-hybridized carbons (Fsp3) is 0.400. The van der Waals surface area contributed by atoms with Gasteiger partial charge < -0.3 is 14.2 Å². The summed E-state index contributed by atoms with van der Waals surface area (Å²) < 4.78 is 11.2. The van der Waals surface area contributed by atoms with Gasteiger partial charge in [-0.1, -0.05) is 41.9 Å². The van der Waals surface area contributed by atoms with Crippen molar-refractivity contribution in [2.45, 2.75) is 18.9 Å². The van der Waals surface area contributed by atoms with Crippen LogP contribution in [0.15, 0.2) is 34.9 Å². The van der Waals surface area contributed by atoms with Crippen molar-refractivity contribution in [1.29, 1.82) is 0 Å². The molecular formula is C15H18Cl2N2O2. The zero-order valence-corrected chi connectivity index (χ0v) is 13.4. The van der Waals surface area contributed by atoms with Crippen LogP contribution in [0, 0.1) is 0 Å². The molecule has 1 fully saturated rings. The third kappa shape index (κ3) is 3.70. The van der Waals surface area contributed by atoms with Crippen LogP contribution in [0.25, 0.3) is 11.3 Å². The Balaban J connectivity index is 0.00000161. The number of benzene rings is 1. The second-order valence-electron chi connectivity index (χ2n) is 5.12. The first-order chi connectivity index (χ1) is 9.74. The monoisotopic (exact) mass is 328 g/mol. The van der Waals surface area contributed by atoms with Crippen LogP contribution in [-0.4, -0.2) is 36.3 Å². The zero-order chi connectivity index (χ0) is 13.9. The van der Waals surface area contributed by atoms with Crippen LogP contribution in [0.2, 0.25) is 5.02 Å². The number of aromatic nitrogens is 1. The molecule has 0 saturated carbocycles. The van der Waals surface area contributed by atoms with Crippen molar-refractivity contribution in [3.63, 3.8) is 0 Å². The molecule has 1 saturated heterocycles. The van der Waals surface area contributed by atoms with Gasteiger partial charge in [-0.25, -0.2) is 0 Å². The van der Waals surface area contributed by atoms with Crippen LogP contribution in [0.5, 0.6) is 5.88 Å². The highest BCUT2D eigenvalue weighted by Gasteiger charge is 2.23. The van der Waals surface area contributed by atoms with E-state index >= 15 is 0 Å². The Morgan fingerprint density at radius 3 is 2.57 bits per heavy atom. The Morgan fingerprint density at radius 1 is 1.24 bits per heavy atom. The average molecular weight is 329 g/mol. The molecule has 21 heavy (non-hydrogen) atoms. The zero-order valence-electron chi connectivity index (χ0n) is 11.8. The lowest BCUT2D eigenvalue weighted by Crippen LogP contribution is -2.35. The van der Waals surface area contributed by atoms with Crippen LogP contribution in [-0.2, 0) is 0 Å². The predicted octanol–water partition coefficient (Wildman–Crippen LogP) is 3.89. The van der Waals surface area contributed by atoms with E-state index in [2.05, 4.69) is 17.1 Å². The topological polar surface area (TPSA) is 38.5 Å². The summed E-state index contributed by atoms with van der Waals surface area (Å²) >= 11 is 6.32. The van der Waals surface area contributed by atoms with Gasteiger partial charge in [-0.2, -0.15) is 0 Å². The van der Waals surface area contributed by atoms with Crippen molar-refractivity contribution >= 4 is 24.0 Å². The summed E-state index contributed by atoms with van der Waals surface area (Å²) in [7, 11) is 2.12. The maximum absolute atomic E-state index is 6.32. The number of halogens is 2. The molecule has 0 amide bonds. The third-order valence-corrected chi connectivity index (χ3v) is 3.92. The van der Waals surface area contributed by atoms with Crippen molar-refractivity contribution in [2.24, 2.45) is 0 Å². The van der Waals surface area contributed by atoms with Gasteiger partial charge in [0, 0.05) is 18.7 Å². The van der Waals surface area contributed by atoms with E-state index in [9.17, 15) is 0 Å². The maximum atomic E-state index is 6.32. The van der Waals surface area contributed by atoms with Crippen LogP contribution in [0.4, 0.5) is 0 Å². The summed E-state index contributed by atoms with van der Waals surface area (Å²) in [6.45, 7) is 2.07. The number of ether oxygens (including phenoxy) is 1. The van der Waals surface area contributed by atoms with Gasteiger partial charge in [-0.15, -0.1) is 12.4 Å². The number of hydrogen-bond acceptors (Lipinski definition) is 4. The largest absolute Gasteiger partial charge is 0.471 e. The van der Waals surface area contributed by atoms with Crippen LogP contribution >= 0.6 is 24.0 Å². The number of rotatable bonds is 3. The minimum Gasteiger partial charge on any atom is -0.471 e. The van der Waals surface area contributed by atoms with Gasteiger partial charge in [0.2, 0.25) is 0 Å². The van der Waals surface area contributed by atoms with Crippen molar-refractivity contribution in [2.75, 3.05) is 20.1 Å². The fourth-order valence-corrected chi connectivity index (χ4v) is 2.59. The molecule has 1 aromatic carbocycles. The standard InChI is InChI=1S/C15H17ClN2O2.ClH/c1-18-9-7-12(8-10-18)19-15-13(16)14(20-17-15)11-5-3-2-4-6-11;/h2-6,12H,7-10H2,1H3;1H. The van der Waals surface area contributed by atoms with Crippen LogP contribution in [0.3, 0.4) is 0 Å². The molecule has 0 aliphatic carbocycles. The minimum atomic E-state index is 0. The smallest absolute Gasteiger partial charge is 0.274 e. The molecule has 1 aliphatic heterocycles. The van der Waals surface area contributed by atoms with E-state index in [-0.39, 0.29) is 18.5 Å². The van der Waals surface area contributed by atoms with E-state index in [1.165, 1.54) is 0 Å². The molecule has 0 bridgehead atoms. The first-order valence-corrected chi connectivity index (χ1v) is 7.17. The Morgan fingerprint density at radius 2 is 1.90 bits per heavy atom. The molecule has 6 heteroatoms. The lowest BCUT2D eigenvalue weighted by atomic mass is 10.1. The van der Waals surface area contributed by atoms with Gasteiger partial charge in [-0.3, -0.25) is 0 Å². The molecule has 114 valence electrons. The van der Waals surface area contributed by atoms with Gasteiger partial charge >= 0.3 is 0 Å². The average Bonchev–Trinajstić information content (AvgIpc) is 2.84. The maximum Gasteiger partial charge on any atom is 0.274 e. The number of piperidine rings is 1. The first kappa shape index (κ1) is 16.1. The van der Waals surface area contributed by atoms with Gasteiger partial charge in [-0.05, 0) is 25.0 Å². The van der Waals surface area contributed by atoms with Gasteiger partial charge in [0.05, 0.1) is 0 Å². The molecule has 2 heterocycles. The van der Waals surface area contributed by atoms with Crippen molar-refractivity contribution < 1.29 is 9.26 Å². The van der Waals surface area contributed by atoms with E-state index in [1.54, 1.807) is 0 Å². The highest BCUT2D eigenvalue weighted by atomic mass is 35.5. The molecule has 0 atom stereocenters.